The van der Waals surface area contributed by atoms with E-state index in [4.69, 9.17) is 4.74 Å². The normalized spacial score (nSPS) is 13.3. The maximum Gasteiger partial charge on any atom is 0.277 e. The molecule has 3 aromatic heterocycles. The van der Waals surface area contributed by atoms with Crippen LogP contribution in [0.1, 0.15) is 34.9 Å². The Bertz CT molecular complexity index is 954. The van der Waals surface area contributed by atoms with Gasteiger partial charge in [-0.2, -0.15) is 5.10 Å². The Labute approximate surface area is 162 Å². The number of carbonyl (C=O) groups excluding carboxylic acids is 1. The van der Waals surface area contributed by atoms with Gasteiger partial charge in [0.05, 0.1) is 43.1 Å². The van der Waals surface area contributed by atoms with Crippen LogP contribution in [0, 0.1) is 0 Å². The third-order valence-electron chi connectivity index (χ3n) is 4.43. The summed E-state index contributed by atoms with van der Waals surface area (Å²) in [5.41, 5.74) is 2.54. The van der Waals surface area contributed by atoms with E-state index in [0.717, 1.165) is 18.5 Å². The summed E-state index contributed by atoms with van der Waals surface area (Å²) in [7, 11) is 1.63. The van der Waals surface area contributed by atoms with Crippen molar-refractivity contribution < 1.29 is 9.53 Å². The predicted octanol–water partition coefficient (Wildman–Crippen LogP) is 2.59. The zero-order chi connectivity index (χ0) is 19.3. The fourth-order valence-electron chi connectivity index (χ4n) is 2.84. The maximum absolute atomic E-state index is 13.0. The minimum absolute atomic E-state index is 0.305. The number of hydrogen-bond donors (Lipinski definition) is 2. The van der Waals surface area contributed by atoms with E-state index in [1.807, 2.05) is 12.1 Å². The van der Waals surface area contributed by atoms with Gasteiger partial charge in [-0.3, -0.25) is 4.79 Å². The average molecular weight is 379 g/mol. The summed E-state index contributed by atoms with van der Waals surface area (Å²) in [5.74, 6) is 0.726. The molecule has 3 aromatic rings. The highest BCUT2D eigenvalue weighted by Gasteiger charge is 2.27. The lowest BCUT2D eigenvalue weighted by atomic mass is 10.2. The third kappa shape index (κ3) is 4.15. The Balaban J connectivity index is 1.60. The minimum atomic E-state index is -0.305. The number of anilines is 3. The number of ether oxygens (including phenoxy) is 1. The van der Waals surface area contributed by atoms with E-state index in [2.05, 4.69) is 30.7 Å². The molecule has 0 atom stereocenters. The molecule has 9 heteroatoms. The van der Waals surface area contributed by atoms with Gasteiger partial charge in [0.25, 0.3) is 5.91 Å². The number of nitrogens with zero attached hydrogens (tertiary/aromatic N) is 5. The van der Waals surface area contributed by atoms with Crippen LogP contribution in [0.4, 0.5) is 17.2 Å². The molecule has 0 bridgehead atoms. The van der Waals surface area contributed by atoms with E-state index in [-0.39, 0.29) is 5.91 Å². The quantitative estimate of drug-likeness (QED) is 0.619. The lowest BCUT2D eigenvalue weighted by molar-refractivity contribution is 0.102. The molecule has 1 fully saturated rings. The van der Waals surface area contributed by atoms with Gasteiger partial charge in [-0.25, -0.2) is 19.6 Å². The SMILES string of the molecule is COCCn1nccc1NC(=O)c1nc(C2CC2)ccc1Nc1cncnc1. The van der Waals surface area contributed by atoms with Crippen molar-refractivity contribution >= 4 is 23.1 Å². The molecule has 0 aliphatic heterocycles. The number of nitrogens with one attached hydrogen (secondary N) is 2. The lowest BCUT2D eigenvalue weighted by Gasteiger charge is -2.13. The smallest absolute Gasteiger partial charge is 0.277 e. The second kappa shape index (κ2) is 8.13. The Morgan fingerprint density at radius 1 is 1.25 bits per heavy atom. The van der Waals surface area contributed by atoms with E-state index >= 15 is 0 Å². The van der Waals surface area contributed by atoms with Crippen molar-refractivity contribution in [3.05, 3.63) is 54.5 Å². The van der Waals surface area contributed by atoms with Gasteiger partial charge in [0.1, 0.15) is 12.1 Å². The van der Waals surface area contributed by atoms with Crippen LogP contribution < -0.4 is 10.6 Å². The van der Waals surface area contributed by atoms with Crippen molar-refractivity contribution in [2.75, 3.05) is 24.4 Å². The lowest BCUT2D eigenvalue weighted by Crippen LogP contribution is -2.20. The summed E-state index contributed by atoms with van der Waals surface area (Å²) in [6.45, 7) is 1.04. The number of aromatic nitrogens is 5. The van der Waals surface area contributed by atoms with Crippen LogP contribution in [-0.4, -0.2) is 44.4 Å². The number of methoxy groups -OCH3 is 1. The molecule has 0 radical (unpaired) electrons. The molecule has 144 valence electrons. The summed E-state index contributed by atoms with van der Waals surface area (Å²) in [4.78, 5) is 25.6. The molecule has 9 nitrogen and oxygen atoms in total. The van der Waals surface area contributed by atoms with E-state index in [1.54, 1.807) is 36.4 Å². The number of amides is 1. The Morgan fingerprint density at radius 2 is 2.07 bits per heavy atom. The fraction of sp³-hybridized carbons (Fsp3) is 0.316. The molecule has 28 heavy (non-hydrogen) atoms. The highest BCUT2D eigenvalue weighted by atomic mass is 16.5. The van der Waals surface area contributed by atoms with Crippen LogP contribution in [0.15, 0.2) is 43.1 Å². The van der Waals surface area contributed by atoms with Gasteiger partial charge < -0.3 is 15.4 Å². The first kappa shape index (κ1) is 18.1. The second-order valence-electron chi connectivity index (χ2n) is 6.55. The topological polar surface area (TPSA) is 107 Å². The largest absolute Gasteiger partial charge is 0.383 e. The Morgan fingerprint density at radius 3 is 2.82 bits per heavy atom. The third-order valence-corrected chi connectivity index (χ3v) is 4.43. The molecule has 0 unspecified atom stereocenters. The molecule has 1 aliphatic carbocycles. The first-order valence-corrected chi connectivity index (χ1v) is 9.09. The van der Waals surface area contributed by atoms with Gasteiger partial charge >= 0.3 is 0 Å². The minimum Gasteiger partial charge on any atom is -0.383 e. The van der Waals surface area contributed by atoms with Crippen molar-refractivity contribution in [1.82, 2.24) is 24.7 Å². The summed E-state index contributed by atoms with van der Waals surface area (Å²) < 4.78 is 6.77. The maximum atomic E-state index is 13.0. The van der Waals surface area contributed by atoms with Crippen LogP contribution in [0.2, 0.25) is 0 Å². The van der Waals surface area contributed by atoms with Crippen LogP contribution in [0.25, 0.3) is 0 Å². The Hall–Kier alpha value is -3.33. The van der Waals surface area contributed by atoms with Crippen molar-refractivity contribution in [2.24, 2.45) is 0 Å². The number of carbonyl (C=O) groups is 1. The summed E-state index contributed by atoms with van der Waals surface area (Å²) in [6.07, 6.45) is 8.59. The second-order valence-corrected chi connectivity index (χ2v) is 6.55. The van der Waals surface area contributed by atoms with Gasteiger partial charge in [0.2, 0.25) is 0 Å². The van der Waals surface area contributed by atoms with Crippen molar-refractivity contribution in [3.8, 4) is 0 Å². The van der Waals surface area contributed by atoms with Gasteiger partial charge in [0, 0.05) is 24.8 Å². The standard InChI is InChI=1S/C19H21N7O2/c1-28-9-8-26-17(6-7-22-26)25-19(27)18-16(23-14-10-20-12-21-11-14)5-4-15(24-18)13-2-3-13/h4-7,10-13,23H,2-3,8-9H2,1H3,(H,25,27). The first-order valence-electron chi connectivity index (χ1n) is 9.09. The van der Waals surface area contributed by atoms with Crippen LogP contribution >= 0.6 is 0 Å². The van der Waals surface area contributed by atoms with Gasteiger partial charge in [-0.15, -0.1) is 0 Å². The van der Waals surface area contributed by atoms with Crippen LogP contribution in [-0.2, 0) is 11.3 Å². The molecule has 3 heterocycles. The van der Waals surface area contributed by atoms with Crippen molar-refractivity contribution in [1.29, 1.82) is 0 Å². The molecule has 0 saturated heterocycles. The van der Waals surface area contributed by atoms with E-state index in [1.165, 1.54) is 6.33 Å². The summed E-state index contributed by atoms with van der Waals surface area (Å²) in [6, 6.07) is 5.59. The predicted molar refractivity (Wildman–Crippen MR) is 104 cm³/mol. The molecule has 1 amide bonds. The zero-order valence-electron chi connectivity index (χ0n) is 15.5. The monoisotopic (exact) mass is 379 g/mol. The Kier molecular flexibility index (Phi) is 5.24. The van der Waals surface area contributed by atoms with E-state index in [0.29, 0.717) is 42.0 Å². The first-order chi connectivity index (χ1) is 13.7. The van der Waals surface area contributed by atoms with E-state index in [9.17, 15) is 4.79 Å². The molecule has 0 spiro atoms. The molecule has 2 N–H and O–H groups in total. The van der Waals surface area contributed by atoms with E-state index < -0.39 is 0 Å². The highest BCUT2D eigenvalue weighted by molar-refractivity contribution is 6.06. The number of rotatable bonds is 8. The molecular formula is C19H21N7O2. The van der Waals surface area contributed by atoms with Gasteiger partial charge in [-0.1, -0.05) is 0 Å². The van der Waals surface area contributed by atoms with Crippen molar-refractivity contribution in [3.63, 3.8) is 0 Å². The number of hydrogen-bond acceptors (Lipinski definition) is 7. The average Bonchev–Trinajstić information content (AvgIpc) is 3.48. The molecule has 1 aliphatic rings. The fourth-order valence-corrected chi connectivity index (χ4v) is 2.84. The van der Waals surface area contributed by atoms with Crippen LogP contribution in [0.3, 0.4) is 0 Å². The van der Waals surface area contributed by atoms with Gasteiger partial charge in [-0.05, 0) is 25.0 Å². The van der Waals surface area contributed by atoms with Gasteiger partial charge in [0.15, 0.2) is 5.69 Å². The highest BCUT2D eigenvalue weighted by Crippen LogP contribution is 2.39. The number of pyridine rings is 1. The molecule has 1 saturated carbocycles. The molecular weight excluding hydrogens is 358 g/mol. The summed E-state index contributed by atoms with van der Waals surface area (Å²) in [5, 5.41) is 10.3. The van der Waals surface area contributed by atoms with Crippen molar-refractivity contribution in [2.45, 2.75) is 25.3 Å². The molecule has 4 rings (SSSR count). The summed E-state index contributed by atoms with van der Waals surface area (Å²) >= 11 is 0. The zero-order valence-corrected chi connectivity index (χ0v) is 15.5. The molecule has 0 aromatic carbocycles. The van der Waals surface area contributed by atoms with Crippen LogP contribution in [0.5, 0.6) is 0 Å².